The maximum atomic E-state index is 5.31. The average Bonchev–Trinajstić information content (AvgIpc) is 2.01. The molecule has 0 saturated heterocycles. The molecule has 0 atom stereocenters. The van der Waals surface area contributed by atoms with Crippen molar-refractivity contribution in [2.24, 2.45) is 11.7 Å². The third kappa shape index (κ3) is 11.8. The first-order chi connectivity index (χ1) is 6.13. The van der Waals surface area contributed by atoms with Gasteiger partial charge in [0.15, 0.2) is 0 Å². The Morgan fingerprint density at radius 3 is 2.38 bits per heavy atom. The van der Waals surface area contributed by atoms with Crippen molar-refractivity contribution in [2.45, 2.75) is 20.3 Å². The second-order valence-corrected chi connectivity index (χ2v) is 3.82. The number of hydrogen-bond acceptors (Lipinski definition) is 3. The van der Waals surface area contributed by atoms with E-state index in [1.54, 1.807) is 0 Å². The minimum atomic E-state index is 0.503. The Balaban J connectivity index is 2.96. The van der Waals surface area contributed by atoms with Crippen LogP contribution >= 0.6 is 12.2 Å². The fourth-order valence-electron chi connectivity index (χ4n) is 0.712. The molecule has 4 heteroatoms. The number of ether oxygens (including phenoxy) is 2. The Labute approximate surface area is 85.6 Å². The summed E-state index contributed by atoms with van der Waals surface area (Å²) in [7, 11) is 0. The molecule has 0 unspecified atom stereocenters. The molecule has 0 amide bonds. The molecule has 0 rings (SSSR count). The number of nitrogens with two attached hydrogens (primary N) is 1. The summed E-state index contributed by atoms with van der Waals surface area (Å²) in [5, 5.41) is 0. The molecule has 0 aliphatic carbocycles. The van der Waals surface area contributed by atoms with Gasteiger partial charge in [0.1, 0.15) is 0 Å². The molecule has 0 aromatic rings. The molecule has 0 aromatic carbocycles. The number of hydrogen-bond donors (Lipinski definition) is 1. The van der Waals surface area contributed by atoms with Gasteiger partial charge in [0, 0.05) is 13.0 Å². The Kier molecular flexibility index (Phi) is 8.29. The summed E-state index contributed by atoms with van der Waals surface area (Å²) in [5.41, 5.74) is 5.29. The molecular weight excluding hydrogens is 186 g/mol. The monoisotopic (exact) mass is 205 g/mol. The molecule has 3 nitrogen and oxygen atoms in total. The second-order valence-electron chi connectivity index (χ2n) is 3.30. The van der Waals surface area contributed by atoms with E-state index in [0.717, 1.165) is 6.61 Å². The zero-order valence-electron chi connectivity index (χ0n) is 8.41. The van der Waals surface area contributed by atoms with Crippen LogP contribution in [-0.2, 0) is 9.47 Å². The molecule has 0 radical (unpaired) electrons. The van der Waals surface area contributed by atoms with Crippen LogP contribution in [0.15, 0.2) is 0 Å². The van der Waals surface area contributed by atoms with Crippen molar-refractivity contribution in [1.29, 1.82) is 0 Å². The summed E-state index contributed by atoms with van der Waals surface area (Å²) >= 11 is 4.70. The quantitative estimate of drug-likeness (QED) is 0.480. The highest BCUT2D eigenvalue weighted by molar-refractivity contribution is 7.80. The lowest BCUT2D eigenvalue weighted by molar-refractivity contribution is 0.0401. The number of thiocarbonyl (C=S) groups is 1. The Bertz CT molecular complexity index is 140. The Morgan fingerprint density at radius 2 is 1.85 bits per heavy atom. The van der Waals surface area contributed by atoms with E-state index in [-0.39, 0.29) is 0 Å². The maximum absolute atomic E-state index is 5.31. The van der Waals surface area contributed by atoms with Crippen molar-refractivity contribution in [3.8, 4) is 0 Å². The van der Waals surface area contributed by atoms with Crippen LogP contribution < -0.4 is 5.73 Å². The van der Waals surface area contributed by atoms with Gasteiger partial charge in [-0.05, 0) is 5.92 Å². The van der Waals surface area contributed by atoms with Gasteiger partial charge in [-0.2, -0.15) is 0 Å². The summed E-state index contributed by atoms with van der Waals surface area (Å²) in [6.45, 7) is 6.89. The standard InChI is InChI=1S/C9H19NO2S/c1-8(2)7-12-6-5-11-4-3-9(10)13/h8H,3-7H2,1-2H3,(H2,10,13). The van der Waals surface area contributed by atoms with E-state index in [0.29, 0.717) is 37.1 Å². The maximum Gasteiger partial charge on any atom is 0.0750 e. The van der Waals surface area contributed by atoms with Gasteiger partial charge >= 0.3 is 0 Å². The van der Waals surface area contributed by atoms with Crippen molar-refractivity contribution < 1.29 is 9.47 Å². The average molecular weight is 205 g/mol. The van der Waals surface area contributed by atoms with Crippen LogP contribution in [0.1, 0.15) is 20.3 Å². The van der Waals surface area contributed by atoms with Crippen molar-refractivity contribution in [1.82, 2.24) is 0 Å². The van der Waals surface area contributed by atoms with E-state index in [1.165, 1.54) is 0 Å². The van der Waals surface area contributed by atoms with Gasteiger partial charge < -0.3 is 15.2 Å². The highest BCUT2D eigenvalue weighted by atomic mass is 32.1. The van der Waals surface area contributed by atoms with Crippen molar-refractivity contribution >= 4 is 17.2 Å². The molecule has 0 aliphatic heterocycles. The van der Waals surface area contributed by atoms with E-state index < -0.39 is 0 Å². The Hall–Kier alpha value is -0.190. The third-order valence-corrected chi connectivity index (χ3v) is 1.52. The largest absolute Gasteiger partial charge is 0.393 e. The summed E-state index contributed by atoms with van der Waals surface area (Å²) in [6, 6.07) is 0. The first kappa shape index (κ1) is 12.8. The van der Waals surface area contributed by atoms with Gasteiger partial charge in [-0.3, -0.25) is 0 Å². The van der Waals surface area contributed by atoms with E-state index in [9.17, 15) is 0 Å². The Morgan fingerprint density at radius 1 is 1.23 bits per heavy atom. The van der Waals surface area contributed by atoms with Crippen LogP contribution in [0.4, 0.5) is 0 Å². The van der Waals surface area contributed by atoms with Crippen LogP contribution in [-0.4, -0.2) is 31.4 Å². The first-order valence-corrected chi connectivity index (χ1v) is 4.97. The van der Waals surface area contributed by atoms with Crippen molar-refractivity contribution in [3.05, 3.63) is 0 Å². The highest BCUT2D eigenvalue weighted by Crippen LogP contribution is 1.92. The molecule has 0 saturated carbocycles. The lowest BCUT2D eigenvalue weighted by Crippen LogP contribution is -2.13. The van der Waals surface area contributed by atoms with Gasteiger partial charge in [0.2, 0.25) is 0 Å². The highest BCUT2D eigenvalue weighted by Gasteiger charge is 1.94. The van der Waals surface area contributed by atoms with E-state index in [4.69, 9.17) is 27.4 Å². The second kappa shape index (κ2) is 8.41. The molecule has 2 N–H and O–H groups in total. The van der Waals surface area contributed by atoms with Crippen LogP contribution in [0.3, 0.4) is 0 Å². The zero-order valence-corrected chi connectivity index (χ0v) is 9.23. The molecule has 0 bridgehead atoms. The molecular formula is C9H19NO2S. The van der Waals surface area contributed by atoms with Gasteiger partial charge in [-0.15, -0.1) is 0 Å². The minimum Gasteiger partial charge on any atom is -0.393 e. The van der Waals surface area contributed by atoms with Crippen molar-refractivity contribution in [2.75, 3.05) is 26.4 Å². The molecule has 0 spiro atoms. The third-order valence-electron chi connectivity index (χ3n) is 1.32. The summed E-state index contributed by atoms with van der Waals surface area (Å²) in [5.74, 6) is 0.580. The van der Waals surface area contributed by atoms with Crippen LogP contribution in [0.5, 0.6) is 0 Å². The van der Waals surface area contributed by atoms with Gasteiger partial charge in [0.25, 0.3) is 0 Å². The zero-order chi connectivity index (χ0) is 10.1. The topological polar surface area (TPSA) is 44.5 Å². The van der Waals surface area contributed by atoms with Crippen molar-refractivity contribution in [3.63, 3.8) is 0 Å². The fraction of sp³-hybridized carbons (Fsp3) is 0.889. The number of rotatable bonds is 8. The van der Waals surface area contributed by atoms with E-state index in [2.05, 4.69) is 13.8 Å². The molecule has 0 aliphatic rings. The first-order valence-electron chi connectivity index (χ1n) is 4.56. The van der Waals surface area contributed by atoms with E-state index >= 15 is 0 Å². The predicted molar refractivity (Wildman–Crippen MR) is 57.9 cm³/mol. The summed E-state index contributed by atoms with van der Waals surface area (Å²) in [4.78, 5) is 0.503. The van der Waals surface area contributed by atoms with Gasteiger partial charge in [-0.25, -0.2) is 0 Å². The molecule has 13 heavy (non-hydrogen) atoms. The van der Waals surface area contributed by atoms with Crippen LogP contribution in [0.2, 0.25) is 0 Å². The molecule has 78 valence electrons. The normalized spacial score (nSPS) is 10.7. The van der Waals surface area contributed by atoms with Gasteiger partial charge in [-0.1, -0.05) is 26.1 Å². The fourth-order valence-corrected chi connectivity index (χ4v) is 0.795. The smallest absolute Gasteiger partial charge is 0.0750 e. The SMILES string of the molecule is CC(C)COCCOCCC(N)=S. The summed E-state index contributed by atoms with van der Waals surface area (Å²) < 4.78 is 10.5. The summed E-state index contributed by atoms with van der Waals surface area (Å²) in [6.07, 6.45) is 0.652. The van der Waals surface area contributed by atoms with E-state index in [1.807, 2.05) is 0 Å². The van der Waals surface area contributed by atoms with Crippen LogP contribution in [0.25, 0.3) is 0 Å². The molecule has 0 fully saturated rings. The van der Waals surface area contributed by atoms with Gasteiger partial charge in [0.05, 0.1) is 24.8 Å². The molecule has 0 heterocycles. The predicted octanol–water partition coefficient (Wildman–Crippen LogP) is 1.35. The van der Waals surface area contributed by atoms with Crippen LogP contribution in [0, 0.1) is 5.92 Å². The lowest BCUT2D eigenvalue weighted by Gasteiger charge is -2.06. The lowest BCUT2D eigenvalue weighted by atomic mass is 10.2. The minimum absolute atomic E-state index is 0.503. The molecule has 0 aromatic heterocycles.